The molecule has 2 aliphatic rings. The van der Waals surface area contributed by atoms with Crippen LogP contribution in [0.1, 0.15) is 219 Å². The van der Waals surface area contributed by atoms with Crippen molar-refractivity contribution in [3.05, 3.63) is 24.3 Å². The van der Waals surface area contributed by atoms with Crippen molar-refractivity contribution >= 4 is 0 Å². The molecule has 0 N–H and O–H groups in total. The molecule has 0 spiro atoms. The van der Waals surface area contributed by atoms with Gasteiger partial charge in [0.15, 0.2) is 0 Å². The molecule has 0 amide bonds. The van der Waals surface area contributed by atoms with E-state index in [0.717, 1.165) is 0 Å². The van der Waals surface area contributed by atoms with Gasteiger partial charge in [-0.3, -0.25) is 0 Å². The average Bonchev–Trinajstić information content (AvgIpc) is 3.92. The molecule has 1 nitrogen and oxygen atoms in total. The molecule has 2 fully saturated rings. The summed E-state index contributed by atoms with van der Waals surface area (Å²) in [7, 11) is 0. The van der Waals surface area contributed by atoms with E-state index >= 15 is 0 Å². The van der Waals surface area contributed by atoms with E-state index in [0.29, 0.717) is 11.2 Å². The van der Waals surface area contributed by atoms with E-state index in [1.165, 1.54) is 205 Å². The first kappa shape index (κ1) is 36.6. The van der Waals surface area contributed by atoms with Crippen LogP contribution < -0.4 is 0 Å². The maximum atomic E-state index is 6.87. The monoisotopic (exact) mass is 571 g/mol. The highest BCUT2D eigenvalue weighted by Gasteiger charge is 2.54. The molecule has 2 aliphatic carbocycles. The summed E-state index contributed by atoms with van der Waals surface area (Å²) in [6.45, 7) is 4.59. The fraction of sp³-hybridized carbons (Fsp3) is 0.900. The largest absolute Gasteiger partial charge is 0.369 e. The van der Waals surface area contributed by atoms with E-state index in [4.69, 9.17) is 4.74 Å². The molecule has 1 heteroatoms. The Kier molecular flexibility index (Phi) is 22.2. The lowest BCUT2D eigenvalue weighted by Crippen LogP contribution is -2.25. The molecule has 2 rings (SSSR count). The average molecular weight is 571 g/mol. The fourth-order valence-corrected chi connectivity index (χ4v) is 6.58. The second-order valence-corrected chi connectivity index (χ2v) is 14.1. The Morgan fingerprint density at radius 3 is 0.927 bits per heavy atom. The zero-order chi connectivity index (χ0) is 29.2. The first-order valence-electron chi connectivity index (χ1n) is 19.2. The Labute approximate surface area is 259 Å². The Morgan fingerprint density at radius 1 is 0.366 bits per heavy atom. The SMILES string of the molecule is CCCCCCCCC=CCCCCCCCC1(OC2(CCCCCCCC=CCCCCCCCC)CC2)CC1. The van der Waals surface area contributed by atoms with Crippen molar-refractivity contribution in [2.45, 2.75) is 231 Å². The summed E-state index contributed by atoms with van der Waals surface area (Å²) in [4.78, 5) is 0. The maximum absolute atomic E-state index is 6.87. The number of rotatable bonds is 32. The molecule has 0 bridgehead atoms. The van der Waals surface area contributed by atoms with Gasteiger partial charge in [-0.25, -0.2) is 0 Å². The highest BCUT2D eigenvalue weighted by atomic mass is 16.5. The van der Waals surface area contributed by atoms with Gasteiger partial charge in [-0.05, 0) is 89.9 Å². The third-order valence-corrected chi connectivity index (χ3v) is 9.84. The van der Waals surface area contributed by atoms with Crippen molar-refractivity contribution < 1.29 is 4.74 Å². The van der Waals surface area contributed by atoms with Gasteiger partial charge in [0.25, 0.3) is 0 Å². The van der Waals surface area contributed by atoms with Crippen molar-refractivity contribution in [1.82, 2.24) is 0 Å². The third-order valence-electron chi connectivity index (χ3n) is 9.84. The molecule has 0 atom stereocenters. The van der Waals surface area contributed by atoms with Crippen LogP contribution in [-0.4, -0.2) is 11.2 Å². The van der Waals surface area contributed by atoms with Crippen LogP contribution in [0.5, 0.6) is 0 Å². The molecule has 0 aromatic heterocycles. The molecule has 41 heavy (non-hydrogen) atoms. The molecule has 0 unspecified atom stereocenters. The molecule has 240 valence electrons. The topological polar surface area (TPSA) is 9.23 Å². The zero-order valence-corrected chi connectivity index (χ0v) is 28.3. The van der Waals surface area contributed by atoms with Crippen molar-refractivity contribution in [2.75, 3.05) is 0 Å². The summed E-state index contributed by atoms with van der Waals surface area (Å²) in [5, 5.41) is 0. The molecular formula is C40H74O. The summed E-state index contributed by atoms with van der Waals surface area (Å²) >= 11 is 0. The van der Waals surface area contributed by atoms with Crippen molar-refractivity contribution in [3.63, 3.8) is 0 Å². The van der Waals surface area contributed by atoms with Gasteiger partial charge in [-0.15, -0.1) is 0 Å². The van der Waals surface area contributed by atoms with Crippen LogP contribution in [0.2, 0.25) is 0 Å². The van der Waals surface area contributed by atoms with Gasteiger partial charge >= 0.3 is 0 Å². The minimum Gasteiger partial charge on any atom is -0.369 e. The smallest absolute Gasteiger partial charge is 0.0692 e. The summed E-state index contributed by atoms with van der Waals surface area (Å²) in [5.74, 6) is 0. The Bertz CT molecular complexity index is 569. The van der Waals surface area contributed by atoms with Crippen molar-refractivity contribution in [1.29, 1.82) is 0 Å². The molecule has 0 saturated heterocycles. The minimum absolute atomic E-state index is 0.303. The summed E-state index contributed by atoms with van der Waals surface area (Å²) in [5.41, 5.74) is 0.606. The number of allylic oxidation sites excluding steroid dienone is 4. The Balaban J connectivity index is 1.34. The lowest BCUT2D eigenvalue weighted by Gasteiger charge is -2.25. The van der Waals surface area contributed by atoms with E-state index in [-0.39, 0.29) is 0 Å². The second-order valence-electron chi connectivity index (χ2n) is 14.1. The molecule has 0 aliphatic heterocycles. The summed E-state index contributed by atoms with van der Waals surface area (Å²) in [6.07, 6.45) is 53.9. The van der Waals surface area contributed by atoms with Crippen LogP contribution in [0.25, 0.3) is 0 Å². The molecule has 2 saturated carbocycles. The van der Waals surface area contributed by atoms with E-state index in [1.54, 1.807) is 0 Å². The highest BCUT2D eigenvalue weighted by Crippen LogP contribution is 2.55. The quantitative estimate of drug-likeness (QED) is 0.0577. The van der Waals surface area contributed by atoms with Crippen LogP contribution in [0.4, 0.5) is 0 Å². The highest BCUT2D eigenvalue weighted by molar-refractivity contribution is 5.04. The van der Waals surface area contributed by atoms with Gasteiger partial charge in [0, 0.05) is 0 Å². The van der Waals surface area contributed by atoms with Crippen LogP contribution in [0, 0.1) is 0 Å². The summed E-state index contributed by atoms with van der Waals surface area (Å²) in [6, 6.07) is 0. The van der Waals surface area contributed by atoms with Gasteiger partial charge in [-0.2, -0.15) is 0 Å². The Hall–Kier alpha value is -0.560. The van der Waals surface area contributed by atoms with E-state index in [9.17, 15) is 0 Å². The maximum Gasteiger partial charge on any atom is 0.0692 e. The van der Waals surface area contributed by atoms with Crippen LogP contribution in [0.15, 0.2) is 24.3 Å². The van der Waals surface area contributed by atoms with Gasteiger partial charge < -0.3 is 4.74 Å². The van der Waals surface area contributed by atoms with Crippen molar-refractivity contribution in [2.24, 2.45) is 0 Å². The molecule has 0 aromatic carbocycles. The van der Waals surface area contributed by atoms with E-state index < -0.39 is 0 Å². The van der Waals surface area contributed by atoms with E-state index in [1.807, 2.05) is 0 Å². The van der Waals surface area contributed by atoms with Gasteiger partial charge in [0.05, 0.1) is 11.2 Å². The van der Waals surface area contributed by atoms with Crippen LogP contribution >= 0.6 is 0 Å². The van der Waals surface area contributed by atoms with Crippen LogP contribution in [0.3, 0.4) is 0 Å². The molecule has 0 aromatic rings. The number of hydrogen-bond donors (Lipinski definition) is 0. The molecule has 0 heterocycles. The third kappa shape index (κ3) is 20.9. The lowest BCUT2D eigenvalue weighted by molar-refractivity contribution is -0.0577. The zero-order valence-electron chi connectivity index (χ0n) is 28.3. The first-order valence-corrected chi connectivity index (χ1v) is 19.2. The predicted molar refractivity (Wildman–Crippen MR) is 184 cm³/mol. The second kappa shape index (κ2) is 24.8. The fourth-order valence-electron chi connectivity index (χ4n) is 6.58. The van der Waals surface area contributed by atoms with E-state index in [2.05, 4.69) is 38.2 Å². The summed E-state index contributed by atoms with van der Waals surface area (Å²) < 4.78 is 6.87. The standard InChI is InChI=1S/C40H74O/c1-3-5-7-9-11-13-15-17-19-21-23-25-27-29-31-33-39(35-36-39)41-40(37-38-40)34-32-30-28-26-24-22-20-18-16-14-12-10-8-6-4-2/h17-20H,3-16,21-38H2,1-2H3. The van der Waals surface area contributed by atoms with Gasteiger partial charge in [0.1, 0.15) is 0 Å². The van der Waals surface area contributed by atoms with Gasteiger partial charge in [-0.1, -0.05) is 154 Å². The first-order chi connectivity index (χ1) is 20.2. The molecular weight excluding hydrogens is 496 g/mol. The molecule has 0 radical (unpaired) electrons. The normalized spacial score (nSPS) is 17.2. The van der Waals surface area contributed by atoms with Crippen LogP contribution in [-0.2, 0) is 4.74 Å². The van der Waals surface area contributed by atoms with Gasteiger partial charge in [0.2, 0.25) is 0 Å². The minimum atomic E-state index is 0.303. The predicted octanol–water partition coefficient (Wildman–Crippen LogP) is 14.1. The lowest BCUT2D eigenvalue weighted by atomic mass is 10.0. The Morgan fingerprint density at radius 2 is 0.634 bits per heavy atom. The number of unbranched alkanes of at least 4 members (excludes halogenated alkanes) is 22. The number of ether oxygens (including phenoxy) is 1. The number of hydrogen-bond acceptors (Lipinski definition) is 1. The van der Waals surface area contributed by atoms with Crippen molar-refractivity contribution in [3.8, 4) is 0 Å².